The third kappa shape index (κ3) is 5.98. The van der Waals surface area contributed by atoms with Crippen LogP contribution in [0.5, 0.6) is 0 Å². The van der Waals surface area contributed by atoms with Crippen molar-refractivity contribution in [2.75, 3.05) is 36.4 Å². The maximum Gasteiger partial charge on any atom is 0.316 e. The summed E-state index contributed by atoms with van der Waals surface area (Å²) in [6.07, 6.45) is 3.13. The number of rotatable bonds is 7. The minimum absolute atomic E-state index is 0.0278. The van der Waals surface area contributed by atoms with E-state index in [2.05, 4.69) is 25.9 Å². The van der Waals surface area contributed by atoms with E-state index in [4.69, 9.17) is 11.6 Å². The standard InChI is InChI=1S/C28H35ClF2N8O3/c1-16-14-38(15-17(2)28(16,30)31)27-33-13-20(29)24(36-27)35-19-4-5-21-22(12-19)39(26(42)25(41)37(21)3)11-8-23(40)34-18-6-9-32-10-7-18/h4-5,12-13,16-18,32H,6-11,14-15H2,1-3H3,(H,34,40)(H,33,35,36)/t16-,17+. The van der Waals surface area contributed by atoms with E-state index in [9.17, 15) is 23.2 Å². The largest absolute Gasteiger partial charge is 0.353 e. The highest BCUT2D eigenvalue weighted by Crippen LogP contribution is 2.39. The molecule has 11 nitrogen and oxygen atoms in total. The van der Waals surface area contributed by atoms with Gasteiger partial charge in [0.2, 0.25) is 11.9 Å². The van der Waals surface area contributed by atoms with Crippen LogP contribution in [-0.2, 0) is 18.4 Å². The first-order valence-corrected chi connectivity index (χ1v) is 14.5. The predicted molar refractivity (Wildman–Crippen MR) is 158 cm³/mol. The Hall–Kier alpha value is -3.58. The highest BCUT2D eigenvalue weighted by atomic mass is 35.5. The third-order valence-corrected chi connectivity index (χ3v) is 8.48. The Morgan fingerprint density at radius 2 is 1.81 bits per heavy atom. The number of carbonyl (C=O) groups excluding carboxylic acids is 1. The molecular formula is C28H35ClF2N8O3. The van der Waals surface area contributed by atoms with Crippen LogP contribution in [0, 0.1) is 11.8 Å². The molecular weight excluding hydrogens is 570 g/mol. The van der Waals surface area contributed by atoms with E-state index < -0.39 is 28.9 Å². The second kappa shape index (κ2) is 12.0. The molecule has 1 amide bonds. The molecule has 0 bridgehead atoms. The summed E-state index contributed by atoms with van der Waals surface area (Å²) in [7, 11) is 1.52. The molecule has 0 radical (unpaired) electrons. The van der Waals surface area contributed by atoms with Gasteiger partial charge in [-0.25, -0.2) is 13.8 Å². The Bertz CT molecular complexity index is 1590. The molecule has 4 heterocycles. The van der Waals surface area contributed by atoms with Gasteiger partial charge in [0.25, 0.3) is 5.92 Å². The van der Waals surface area contributed by atoms with Crippen molar-refractivity contribution < 1.29 is 13.6 Å². The van der Waals surface area contributed by atoms with Crippen LogP contribution < -0.4 is 32.0 Å². The fourth-order valence-electron chi connectivity index (χ4n) is 5.64. The summed E-state index contributed by atoms with van der Waals surface area (Å²) < 4.78 is 31.4. The van der Waals surface area contributed by atoms with Crippen LogP contribution in [0.25, 0.3) is 11.0 Å². The number of aromatic nitrogens is 4. The first-order valence-electron chi connectivity index (χ1n) is 14.1. The number of piperidine rings is 2. The van der Waals surface area contributed by atoms with Crippen LogP contribution in [0.1, 0.15) is 33.1 Å². The Morgan fingerprint density at radius 1 is 1.12 bits per heavy atom. The molecule has 5 rings (SSSR count). The molecule has 2 saturated heterocycles. The fourth-order valence-corrected chi connectivity index (χ4v) is 5.78. The average Bonchev–Trinajstić information content (AvgIpc) is 2.96. The van der Waals surface area contributed by atoms with E-state index >= 15 is 0 Å². The van der Waals surface area contributed by atoms with Gasteiger partial charge in [0.15, 0.2) is 5.82 Å². The topological polar surface area (TPSA) is 126 Å². The number of hydrogen-bond acceptors (Lipinski definition) is 8. The van der Waals surface area contributed by atoms with Gasteiger partial charge < -0.3 is 30.0 Å². The van der Waals surface area contributed by atoms with Crippen LogP contribution in [0.15, 0.2) is 34.0 Å². The number of amides is 1. The molecule has 2 atom stereocenters. The number of nitrogens with one attached hydrogen (secondary N) is 3. The normalized spacial score (nSPS) is 21.0. The Morgan fingerprint density at radius 3 is 2.50 bits per heavy atom. The van der Waals surface area contributed by atoms with E-state index in [1.54, 1.807) is 23.1 Å². The van der Waals surface area contributed by atoms with E-state index in [1.165, 1.54) is 36.2 Å². The highest BCUT2D eigenvalue weighted by molar-refractivity contribution is 6.32. The van der Waals surface area contributed by atoms with Gasteiger partial charge in [-0.2, -0.15) is 4.98 Å². The zero-order valence-corrected chi connectivity index (χ0v) is 24.5. The van der Waals surface area contributed by atoms with Gasteiger partial charge in [-0.1, -0.05) is 25.4 Å². The van der Waals surface area contributed by atoms with Gasteiger partial charge >= 0.3 is 11.1 Å². The first-order chi connectivity index (χ1) is 20.0. The summed E-state index contributed by atoms with van der Waals surface area (Å²) in [6.45, 7) is 4.92. The zero-order chi connectivity index (χ0) is 30.2. The maximum atomic E-state index is 14.4. The number of alkyl halides is 2. The van der Waals surface area contributed by atoms with Gasteiger partial charge in [0, 0.05) is 56.7 Å². The summed E-state index contributed by atoms with van der Waals surface area (Å²) in [5, 5.41) is 9.62. The van der Waals surface area contributed by atoms with Crippen LogP contribution in [0.4, 0.5) is 26.2 Å². The Balaban J connectivity index is 1.40. The molecule has 14 heteroatoms. The molecule has 0 unspecified atom stereocenters. The van der Waals surface area contributed by atoms with Gasteiger partial charge in [-0.05, 0) is 44.1 Å². The summed E-state index contributed by atoms with van der Waals surface area (Å²) in [4.78, 5) is 48.9. The molecule has 226 valence electrons. The second-order valence-corrected chi connectivity index (χ2v) is 11.6. The van der Waals surface area contributed by atoms with Crippen molar-refractivity contribution in [2.45, 2.75) is 51.6 Å². The molecule has 0 spiro atoms. The SMILES string of the molecule is C[C@@H]1CN(c2ncc(Cl)c(Nc3ccc4c(c3)n(CCC(=O)NC3CCNCC3)c(=O)c(=O)n4C)n2)C[C@H](C)C1(F)F. The number of benzene rings is 1. The van der Waals surface area contributed by atoms with Crippen molar-refractivity contribution in [3.05, 3.63) is 50.1 Å². The van der Waals surface area contributed by atoms with Gasteiger partial charge in [-0.3, -0.25) is 14.4 Å². The lowest BCUT2D eigenvalue weighted by molar-refractivity contribution is -0.122. The molecule has 3 aromatic rings. The number of fused-ring (bicyclic) bond motifs is 1. The first kappa shape index (κ1) is 29.9. The molecule has 2 aliphatic heterocycles. The minimum atomic E-state index is -2.78. The van der Waals surface area contributed by atoms with Crippen molar-refractivity contribution in [3.8, 4) is 0 Å². The summed E-state index contributed by atoms with van der Waals surface area (Å²) in [5.74, 6) is -4.17. The van der Waals surface area contributed by atoms with E-state index in [-0.39, 0.29) is 54.8 Å². The van der Waals surface area contributed by atoms with Crippen LogP contribution in [0.2, 0.25) is 5.02 Å². The number of nitrogens with zero attached hydrogens (tertiary/aromatic N) is 5. The van der Waals surface area contributed by atoms with Crippen molar-refractivity contribution in [1.82, 2.24) is 29.7 Å². The average molecular weight is 605 g/mol. The molecule has 3 N–H and O–H groups in total. The molecule has 42 heavy (non-hydrogen) atoms. The Kier molecular flexibility index (Phi) is 8.51. The van der Waals surface area contributed by atoms with Crippen molar-refractivity contribution in [3.63, 3.8) is 0 Å². The van der Waals surface area contributed by atoms with E-state index in [0.717, 1.165) is 25.9 Å². The molecule has 2 fully saturated rings. The summed E-state index contributed by atoms with van der Waals surface area (Å²) in [5.41, 5.74) is 0.0564. The number of carbonyl (C=O) groups is 1. The van der Waals surface area contributed by atoms with E-state index in [1.807, 2.05) is 0 Å². The van der Waals surface area contributed by atoms with Crippen LogP contribution in [0.3, 0.4) is 0 Å². The van der Waals surface area contributed by atoms with Crippen LogP contribution >= 0.6 is 11.6 Å². The van der Waals surface area contributed by atoms with Crippen molar-refractivity contribution in [2.24, 2.45) is 18.9 Å². The molecule has 0 aliphatic carbocycles. The third-order valence-electron chi connectivity index (χ3n) is 8.21. The number of hydrogen-bond donors (Lipinski definition) is 3. The zero-order valence-electron chi connectivity index (χ0n) is 23.8. The second-order valence-electron chi connectivity index (χ2n) is 11.2. The lowest BCUT2D eigenvalue weighted by Crippen LogP contribution is -2.52. The minimum Gasteiger partial charge on any atom is -0.353 e. The Labute approximate surface area is 246 Å². The monoisotopic (exact) mass is 604 g/mol. The van der Waals surface area contributed by atoms with Gasteiger partial charge in [-0.15, -0.1) is 0 Å². The molecule has 1 aromatic carbocycles. The van der Waals surface area contributed by atoms with Gasteiger partial charge in [0.05, 0.1) is 17.2 Å². The lowest BCUT2D eigenvalue weighted by atomic mass is 9.87. The predicted octanol–water partition coefficient (Wildman–Crippen LogP) is 2.87. The molecule has 2 aliphatic rings. The van der Waals surface area contributed by atoms with E-state index in [0.29, 0.717) is 16.7 Å². The van der Waals surface area contributed by atoms with Crippen molar-refractivity contribution >= 4 is 46.0 Å². The molecule has 2 aromatic heterocycles. The smallest absolute Gasteiger partial charge is 0.316 e. The maximum absolute atomic E-state index is 14.4. The highest BCUT2D eigenvalue weighted by Gasteiger charge is 2.47. The quantitative estimate of drug-likeness (QED) is 0.352. The van der Waals surface area contributed by atoms with Crippen molar-refractivity contribution in [1.29, 1.82) is 0 Å². The van der Waals surface area contributed by atoms with Gasteiger partial charge in [0.1, 0.15) is 5.02 Å². The lowest BCUT2D eigenvalue weighted by Gasteiger charge is -2.41. The number of halogens is 3. The van der Waals surface area contributed by atoms with Crippen LogP contribution in [-0.4, -0.2) is 63.2 Å². The summed E-state index contributed by atoms with van der Waals surface area (Å²) in [6, 6.07) is 5.17. The summed E-state index contributed by atoms with van der Waals surface area (Å²) >= 11 is 6.40. The fraction of sp³-hybridized carbons (Fsp3) is 0.536. The number of aryl methyl sites for hydroxylation is 2. The molecule has 0 saturated carbocycles. The number of anilines is 3.